The van der Waals surface area contributed by atoms with Crippen molar-refractivity contribution in [1.29, 1.82) is 0 Å². The molecule has 4 N–H and O–H groups in total. The Labute approximate surface area is 136 Å². The predicted molar refractivity (Wildman–Crippen MR) is 91.9 cm³/mol. The molecule has 0 saturated carbocycles. The lowest BCUT2D eigenvalue weighted by Gasteiger charge is -2.16. The summed E-state index contributed by atoms with van der Waals surface area (Å²) in [6.07, 6.45) is 16.4. The topological polar surface area (TPSA) is 74.4 Å². The van der Waals surface area contributed by atoms with Crippen LogP contribution in [0.1, 0.15) is 24.2 Å². The third-order valence-electron chi connectivity index (χ3n) is 4.41. The van der Waals surface area contributed by atoms with Gasteiger partial charge >= 0.3 is 0 Å². The van der Waals surface area contributed by atoms with E-state index in [0.29, 0.717) is 11.6 Å². The number of fused-ring (bicyclic) bond motifs is 1. The van der Waals surface area contributed by atoms with Crippen molar-refractivity contribution in [2.75, 3.05) is 7.11 Å². The number of rotatable bonds is 3. The predicted octanol–water partition coefficient (Wildman–Crippen LogP) is 3.40. The number of methoxy groups -OCH3 is 1. The van der Waals surface area contributed by atoms with E-state index in [1.165, 1.54) is 17.3 Å². The molecule has 0 fully saturated rings. The molecule has 0 aromatic carbocycles. The Morgan fingerprint density at radius 3 is 3.04 bits per heavy atom. The highest BCUT2D eigenvalue weighted by Gasteiger charge is 2.19. The van der Waals surface area contributed by atoms with Crippen LogP contribution in [-0.4, -0.2) is 7.11 Å². The summed E-state index contributed by atoms with van der Waals surface area (Å²) in [5, 5.41) is 0. The van der Waals surface area contributed by atoms with Gasteiger partial charge in [0.2, 0.25) is 0 Å². The van der Waals surface area contributed by atoms with Crippen LogP contribution >= 0.6 is 0 Å². The van der Waals surface area contributed by atoms with Gasteiger partial charge in [-0.2, -0.15) is 0 Å². The molecule has 1 unspecified atom stereocenters. The van der Waals surface area contributed by atoms with Crippen molar-refractivity contribution in [3.05, 3.63) is 76.8 Å². The molecule has 1 atom stereocenters. The third-order valence-corrected chi connectivity index (χ3v) is 4.41. The van der Waals surface area contributed by atoms with Crippen molar-refractivity contribution in [2.24, 2.45) is 17.4 Å². The normalized spacial score (nSPS) is 21.5. The van der Waals surface area contributed by atoms with Gasteiger partial charge in [-0.1, -0.05) is 23.8 Å². The van der Waals surface area contributed by atoms with Crippen LogP contribution in [0.15, 0.2) is 69.9 Å². The van der Waals surface area contributed by atoms with Crippen LogP contribution in [0.2, 0.25) is 0 Å². The van der Waals surface area contributed by atoms with Gasteiger partial charge in [0.05, 0.1) is 19.1 Å². The van der Waals surface area contributed by atoms with Crippen LogP contribution in [0.25, 0.3) is 6.08 Å². The molecule has 0 aliphatic heterocycles. The lowest BCUT2D eigenvalue weighted by atomic mass is 9.91. The molecule has 3 rings (SSSR count). The number of furan rings is 1. The zero-order valence-corrected chi connectivity index (χ0v) is 13.3. The van der Waals surface area contributed by atoms with E-state index >= 15 is 0 Å². The first-order chi connectivity index (χ1) is 11.2. The van der Waals surface area contributed by atoms with E-state index in [2.05, 4.69) is 24.3 Å². The molecular weight excluding hydrogens is 288 g/mol. The Balaban J connectivity index is 1.88. The van der Waals surface area contributed by atoms with Crippen LogP contribution in [0.5, 0.6) is 0 Å². The molecule has 23 heavy (non-hydrogen) atoms. The maximum absolute atomic E-state index is 5.94. The second-order valence-corrected chi connectivity index (χ2v) is 5.79. The Morgan fingerprint density at radius 1 is 1.39 bits per heavy atom. The van der Waals surface area contributed by atoms with Crippen molar-refractivity contribution < 1.29 is 9.15 Å². The minimum Gasteiger partial charge on any atom is -0.501 e. The highest BCUT2D eigenvalue weighted by Crippen LogP contribution is 2.32. The van der Waals surface area contributed by atoms with Gasteiger partial charge in [-0.05, 0) is 42.5 Å². The first-order valence-corrected chi connectivity index (χ1v) is 7.79. The highest BCUT2D eigenvalue weighted by molar-refractivity contribution is 5.51. The molecule has 1 heterocycles. The average Bonchev–Trinajstić information content (AvgIpc) is 2.80. The fourth-order valence-electron chi connectivity index (χ4n) is 3.01. The quantitative estimate of drug-likeness (QED) is 0.897. The maximum Gasteiger partial charge on any atom is 0.129 e. The molecule has 2 aliphatic carbocycles. The van der Waals surface area contributed by atoms with E-state index in [1.807, 2.05) is 12.2 Å². The Hall–Kier alpha value is -2.62. The van der Waals surface area contributed by atoms with E-state index in [9.17, 15) is 0 Å². The fourth-order valence-corrected chi connectivity index (χ4v) is 3.01. The first-order valence-electron chi connectivity index (χ1n) is 7.79. The van der Waals surface area contributed by atoms with Crippen molar-refractivity contribution in [3.63, 3.8) is 0 Å². The Kier molecular flexibility index (Phi) is 4.42. The highest BCUT2D eigenvalue weighted by atomic mass is 16.5. The fraction of sp³-hybridized carbons (Fsp3) is 0.263. The summed E-state index contributed by atoms with van der Waals surface area (Å²) in [7, 11) is 1.69. The molecule has 0 amide bonds. The number of allylic oxidation sites excluding steroid dienone is 5. The molecule has 0 bridgehead atoms. The van der Waals surface area contributed by atoms with Gasteiger partial charge in [0.25, 0.3) is 0 Å². The van der Waals surface area contributed by atoms with Crippen LogP contribution in [-0.2, 0) is 11.2 Å². The molecule has 4 nitrogen and oxygen atoms in total. The summed E-state index contributed by atoms with van der Waals surface area (Å²) in [6, 6.07) is 2.05. The van der Waals surface area contributed by atoms with Gasteiger partial charge in [0.1, 0.15) is 11.5 Å². The summed E-state index contributed by atoms with van der Waals surface area (Å²) in [5.74, 6) is 2.21. The van der Waals surface area contributed by atoms with Crippen molar-refractivity contribution in [1.82, 2.24) is 0 Å². The number of ether oxygens (including phenoxy) is 1. The summed E-state index contributed by atoms with van der Waals surface area (Å²) < 4.78 is 11.0. The minimum absolute atomic E-state index is 0.356. The summed E-state index contributed by atoms with van der Waals surface area (Å²) >= 11 is 0. The monoisotopic (exact) mass is 310 g/mol. The van der Waals surface area contributed by atoms with Gasteiger partial charge < -0.3 is 20.6 Å². The standard InChI is InChI=1S/C19H22N2O2/c1-22-17-10-15(4-5-16(11-17)18(21)12-20)13-2-3-14-8-9-23-19(14)7-6-13/h4-9,11-13H,2-3,10,20-21H2,1H3/b18-12-. The van der Waals surface area contributed by atoms with E-state index in [1.54, 1.807) is 13.4 Å². The molecule has 0 saturated heterocycles. The number of hydrogen-bond acceptors (Lipinski definition) is 4. The Bertz CT molecular complexity index is 732. The lowest BCUT2D eigenvalue weighted by molar-refractivity contribution is 0.281. The van der Waals surface area contributed by atoms with Crippen molar-refractivity contribution in [3.8, 4) is 0 Å². The molecule has 4 heteroatoms. The molecule has 1 aromatic heterocycles. The van der Waals surface area contributed by atoms with Crippen LogP contribution in [0.3, 0.4) is 0 Å². The lowest BCUT2D eigenvalue weighted by Crippen LogP contribution is -2.04. The molecular formula is C19H22N2O2. The summed E-state index contributed by atoms with van der Waals surface area (Å²) in [6.45, 7) is 0. The van der Waals surface area contributed by atoms with Gasteiger partial charge in [-0.3, -0.25) is 0 Å². The summed E-state index contributed by atoms with van der Waals surface area (Å²) in [4.78, 5) is 0. The summed E-state index contributed by atoms with van der Waals surface area (Å²) in [5.41, 5.74) is 15.5. The van der Waals surface area contributed by atoms with Gasteiger partial charge in [0, 0.05) is 18.2 Å². The van der Waals surface area contributed by atoms with Crippen molar-refractivity contribution in [2.45, 2.75) is 19.3 Å². The van der Waals surface area contributed by atoms with E-state index in [4.69, 9.17) is 20.6 Å². The maximum atomic E-state index is 5.94. The minimum atomic E-state index is 0.356. The molecule has 0 spiro atoms. The SMILES string of the molecule is COC1=CC(/C(N)=C/N)=CC=C(C2C=Cc3occc3CC2)C1. The molecule has 0 radical (unpaired) electrons. The van der Waals surface area contributed by atoms with Gasteiger partial charge in [0.15, 0.2) is 0 Å². The third kappa shape index (κ3) is 3.26. The number of aryl methyl sites for hydroxylation is 1. The van der Waals surface area contributed by atoms with Crippen LogP contribution < -0.4 is 11.5 Å². The van der Waals surface area contributed by atoms with Gasteiger partial charge in [-0.25, -0.2) is 0 Å². The van der Waals surface area contributed by atoms with Crippen LogP contribution in [0.4, 0.5) is 0 Å². The average molecular weight is 310 g/mol. The largest absolute Gasteiger partial charge is 0.501 e. The number of hydrogen-bond donors (Lipinski definition) is 2. The van der Waals surface area contributed by atoms with E-state index in [-0.39, 0.29) is 0 Å². The smallest absolute Gasteiger partial charge is 0.129 e. The Morgan fingerprint density at radius 2 is 2.26 bits per heavy atom. The van der Waals surface area contributed by atoms with Crippen molar-refractivity contribution >= 4 is 6.08 Å². The van der Waals surface area contributed by atoms with Crippen LogP contribution in [0, 0.1) is 5.92 Å². The van der Waals surface area contributed by atoms with Gasteiger partial charge in [-0.15, -0.1) is 0 Å². The number of nitrogens with two attached hydrogens (primary N) is 2. The second-order valence-electron chi connectivity index (χ2n) is 5.79. The zero-order valence-electron chi connectivity index (χ0n) is 13.3. The van der Waals surface area contributed by atoms with E-state index in [0.717, 1.165) is 36.4 Å². The molecule has 2 aliphatic rings. The first kappa shape index (κ1) is 15.3. The molecule has 120 valence electrons. The van der Waals surface area contributed by atoms with E-state index < -0.39 is 0 Å². The molecule has 1 aromatic rings. The second kappa shape index (κ2) is 6.65. The zero-order chi connectivity index (χ0) is 16.2.